The van der Waals surface area contributed by atoms with E-state index in [4.69, 9.17) is 23.7 Å². The number of alkyl halides is 1. The summed E-state index contributed by atoms with van der Waals surface area (Å²) in [6.07, 6.45) is -2.01. The van der Waals surface area contributed by atoms with Gasteiger partial charge in [0.1, 0.15) is 12.2 Å². The van der Waals surface area contributed by atoms with Crippen molar-refractivity contribution in [3.05, 3.63) is 71.8 Å². The fraction of sp³-hybridized carbons (Fsp3) is 0.480. The van der Waals surface area contributed by atoms with Gasteiger partial charge in [0, 0.05) is 12.3 Å². The molecule has 5 atom stereocenters. The fourth-order valence-corrected chi connectivity index (χ4v) is 3.86. The molecule has 0 unspecified atom stereocenters. The average molecular weight is 507 g/mol. The van der Waals surface area contributed by atoms with E-state index in [9.17, 15) is 4.79 Å². The minimum atomic E-state index is -0.673. The predicted octanol–water partition coefficient (Wildman–Crippen LogP) is 4.64. The normalized spacial score (nSPS) is 25.4. The molecule has 1 fully saturated rings. The standard InChI is InChI=1S/C25H31BrO6/c1-18-22(29-16-20-10-5-3-6-11-20)23(32-19(2)27)24(25(31-18)28-15-9-14-26)30-17-21-12-7-4-8-13-21/h3-8,10-13,18,22-25H,9,14-17H2,1-2H3/t18-,22+,23+,24-,25-/m0/s1. The molecule has 0 aromatic heterocycles. The molecule has 0 spiro atoms. The smallest absolute Gasteiger partial charge is 0.303 e. The highest BCUT2D eigenvalue weighted by Crippen LogP contribution is 2.30. The van der Waals surface area contributed by atoms with Crippen molar-refractivity contribution >= 4 is 21.9 Å². The maximum atomic E-state index is 12.0. The number of carbonyl (C=O) groups is 1. The molecule has 1 aliphatic heterocycles. The van der Waals surface area contributed by atoms with Crippen LogP contribution in [0.25, 0.3) is 0 Å². The van der Waals surface area contributed by atoms with Crippen molar-refractivity contribution in [3.63, 3.8) is 0 Å². The van der Waals surface area contributed by atoms with Gasteiger partial charge in [-0.15, -0.1) is 0 Å². The SMILES string of the molecule is CC(=O)O[C@H]1[C@H](OCc2ccccc2)[C@@H](OCCCBr)O[C@@H](C)[C@H]1OCc1ccccc1. The Hall–Kier alpha value is -1.77. The quantitative estimate of drug-likeness (QED) is 0.251. The Balaban J connectivity index is 1.78. The van der Waals surface area contributed by atoms with Gasteiger partial charge in [0.05, 0.1) is 25.9 Å². The van der Waals surface area contributed by atoms with E-state index in [0.717, 1.165) is 22.9 Å². The van der Waals surface area contributed by atoms with Gasteiger partial charge in [0.15, 0.2) is 12.4 Å². The lowest BCUT2D eigenvalue weighted by Gasteiger charge is -2.44. The second-order valence-electron chi connectivity index (χ2n) is 7.72. The van der Waals surface area contributed by atoms with Crippen molar-refractivity contribution in [2.24, 2.45) is 0 Å². The Morgan fingerprint density at radius 3 is 1.97 bits per heavy atom. The minimum absolute atomic E-state index is 0.338. The zero-order valence-corrected chi connectivity index (χ0v) is 20.1. The molecule has 0 N–H and O–H groups in total. The molecular formula is C25H31BrO6. The van der Waals surface area contributed by atoms with Crippen LogP contribution in [0.4, 0.5) is 0 Å². The number of hydrogen-bond acceptors (Lipinski definition) is 6. The predicted molar refractivity (Wildman–Crippen MR) is 124 cm³/mol. The van der Waals surface area contributed by atoms with E-state index in [1.165, 1.54) is 6.92 Å². The largest absolute Gasteiger partial charge is 0.457 e. The second-order valence-corrected chi connectivity index (χ2v) is 8.51. The van der Waals surface area contributed by atoms with Crippen molar-refractivity contribution in [1.82, 2.24) is 0 Å². The molecule has 1 saturated heterocycles. The molecule has 1 aliphatic rings. The number of carbonyl (C=O) groups excluding carboxylic acids is 1. The fourth-order valence-electron chi connectivity index (χ4n) is 3.63. The number of ether oxygens (including phenoxy) is 5. The van der Waals surface area contributed by atoms with E-state index < -0.39 is 30.6 Å². The molecule has 6 nitrogen and oxygen atoms in total. The van der Waals surface area contributed by atoms with Gasteiger partial charge in [-0.25, -0.2) is 0 Å². The molecular weight excluding hydrogens is 476 g/mol. The Morgan fingerprint density at radius 2 is 1.44 bits per heavy atom. The summed E-state index contributed by atoms with van der Waals surface area (Å²) in [5.41, 5.74) is 2.03. The number of halogens is 1. The molecule has 2 aromatic rings. The monoisotopic (exact) mass is 506 g/mol. The molecule has 1 heterocycles. The molecule has 3 rings (SSSR count). The van der Waals surface area contributed by atoms with Crippen molar-refractivity contribution in [2.75, 3.05) is 11.9 Å². The first kappa shape index (κ1) is 24.9. The summed E-state index contributed by atoms with van der Waals surface area (Å²) < 4.78 is 30.3. The number of esters is 1. The lowest BCUT2D eigenvalue weighted by molar-refractivity contribution is -0.313. The lowest BCUT2D eigenvalue weighted by Crippen LogP contribution is -2.60. The van der Waals surface area contributed by atoms with Crippen LogP contribution in [-0.4, -0.2) is 48.6 Å². The number of hydrogen-bond donors (Lipinski definition) is 0. The first-order valence-corrected chi connectivity index (χ1v) is 12.0. The van der Waals surface area contributed by atoms with Crippen LogP contribution in [0.2, 0.25) is 0 Å². The number of benzene rings is 2. The maximum absolute atomic E-state index is 12.0. The average Bonchev–Trinajstić information content (AvgIpc) is 2.79. The summed E-state index contributed by atoms with van der Waals surface area (Å²) in [5, 5.41) is 0.820. The van der Waals surface area contributed by atoms with Crippen molar-refractivity contribution in [2.45, 2.75) is 64.2 Å². The lowest BCUT2D eigenvalue weighted by atomic mass is 9.98. The van der Waals surface area contributed by atoms with E-state index in [2.05, 4.69) is 15.9 Å². The van der Waals surface area contributed by atoms with Crippen LogP contribution >= 0.6 is 15.9 Å². The molecule has 2 aromatic carbocycles. The summed E-state index contributed by atoms with van der Waals surface area (Å²) in [5.74, 6) is -0.398. The zero-order valence-electron chi connectivity index (χ0n) is 18.5. The molecule has 32 heavy (non-hydrogen) atoms. The van der Waals surface area contributed by atoms with Gasteiger partial charge in [-0.1, -0.05) is 76.6 Å². The highest BCUT2D eigenvalue weighted by Gasteiger charge is 2.48. The van der Waals surface area contributed by atoms with Crippen LogP contribution in [0, 0.1) is 0 Å². The first-order chi connectivity index (χ1) is 15.6. The summed E-state index contributed by atoms with van der Waals surface area (Å²) in [6, 6.07) is 19.7. The van der Waals surface area contributed by atoms with E-state index in [0.29, 0.717) is 19.8 Å². The van der Waals surface area contributed by atoms with Crippen LogP contribution < -0.4 is 0 Å². The van der Waals surface area contributed by atoms with Gasteiger partial charge in [-0.05, 0) is 24.5 Å². The summed E-state index contributed by atoms with van der Waals surface area (Å²) in [4.78, 5) is 12.0. The van der Waals surface area contributed by atoms with Gasteiger partial charge in [0.2, 0.25) is 0 Å². The van der Waals surface area contributed by atoms with Crippen molar-refractivity contribution in [1.29, 1.82) is 0 Å². The Labute approximate surface area is 198 Å². The molecule has 0 radical (unpaired) electrons. The van der Waals surface area contributed by atoms with Crippen LogP contribution in [0.1, 0.15) is 31.4 Å². The topological polar surface area (TPSA) is 63.2 Å². The first-order valence-electron chi connectivity index (χ1n) is 10.9. The summed E-state index contributed by atoms with van der Waals surface area (Å²) in [7, 11) is 0. The molecule has 0 amide bonds. The number of rotatable bonds is 11. The van der Waals surface area contributed by atoms with E-state index >= 15 is 0 Å². The van der Waals surface area contributed by atoms with Gasteiger partial charge in [-0.2, -0.15) is 0 Å². The third kappa shape index (κ3) is 7.39. The maximum Gasteiger partial charge on any atom is 0.303 e. The van der Waals surface area contributed by atoms with Gasteiger partial charge >= 0.3 is 5.97 Å². The van der Waals surface area contributed by atoms with Gasteiger partial charge in [-0.3, -0.25) is 4.79 Å². The summed E-state index contributed by atoms with van der Waals surface area (Å²) in [6.45, 7) is 4.50. The molecule has 0 aliphatic carbocycles. The van der Waals surface area contributed by atoms with Crippen LogP contribution in [0.3, 0.4) is 0 Å². The molecule has 7 heteroatoms. The van der Waals surface area contributed by atoms with E-state index in [1.807, 2.05) is 67.6 Å². The van der Waals surface area contributed by atoms with Gasteiger partial charge in [0.25, 0.3) is 0 Å². The third-order valence-corrected chi connectivity index (χ3v) is 5.72. The van der Waals surface area contributed by atoms with Crippen molar-refractivity contribution < 1.29 is 28.5 Å². The Bertz CT molecular complexity index is 803. The molecule has 0 bridgehead atoms. The molecule has 0 saturated carbocycles. The van der Waals surface area contributed by atoms with Crippen LogP contribution in [-0.2, 0) is 41.7 Å². The Kier molecular flexibility index (Phi) is 10.1. The third-order valence-electron chi connectivity index (χ3n) is 5.16. The van der Waals surface area contributed by atoms with Crippen molar-refractivity contribution in [3.8, 4) is 0 Å². The highest BCUT2D eigenvalue weighted by atomic mass is 79.9. The van der Waals surface area contributed by atoms with Crippen LogP contribution in [0.5, 0.6) is 0 Å². The minimum Gasteiger partial charge on any atom is -0.457 e. The van der Waals surface area contributed by atoms with Gasteiger partial charge < -0.3 is 23.7 Å². The zero-order chi connectivity index (χ0) is 22.8. The highest BCUT2D eigenvalue weighted by molar-refractivity contribution is 9.09. The summed E-state index contributed by atoms with van der Waals surface area (Å²) >= 11 is 3.42. The molecule has 174 valence electrons. The van der Waals surface area contributed by atoms with Crippen LogP contribution in [0.15, 0.2) is 60.7 Å². The van der Waals surface area contributed by atoms with E-state index in [-0.39, 0.29) is 6.10 Å². The van der Waals surface area contributed by atoms with E-state index in [1.54, 1.807) is 0 Å². The Morgan fingerprint density at radius 1 is 0.875 bits per heavy atom. The second kappa shape index (κ2) is 13.1.